The number of H-pyrrole nitrogens is 1. The van der Waals surface area contributed by atoms with Crippen LogP contribution in [0.4, 0.5) is 4.39 Å². The van der Waals surface area contributed by atoms with Crippen molar-refractivity contribution in [3.63, 3.8) is 0 Å². The number of nitrogens with one attached hydrogen (secondary N) is 1. The fourth-order valence-corrected chi connectivity index (χ4v) is 3.23. The number of aromatic nitrogens is 1. The average Bonchev–Trinajstić information content (AvgIpc) is 3.04. The molecule has 0 bridgehead atoms. The van der Waals surface area contributed by atoms with Crippen LogP contribution in [0, 0.1) is 5.82 Å². The van der Waals surface area contributed by atoms with E-state index in [0.29, 0.717) is 6.54 Å². The van der Waals surface area contributed by atoms with Gasteiger partial charge in [0.25, 0.3) is 0 Å². The quantitative estimate of drug-likeness (QED) is 0.749. The number of benzene rings is 1. The summed E-state index contributed by atoms with van der Waals surface area (Å²) in [6.07, 6.45) is 2.85. The summed E-state index contributed by atoms with van der Waals surface area (Å²) in [5.74, 6) is 0.00875. The van der Waals surface area contributed by atoms with Gasteiger partial charge in [-0.05, 0) is 48.2 Å². The summed E-state index contributed by atoms with van der Waals surface area (Å²) in [6.45, 7) is 0.557. The fourth-order valence-electron chi connectivity index (χ4n) is 2.44. The molecule has 2 heterocycles. The molecule has 4 heteroatoms. The second-order valence-corrected chi connectivity index (χ2v) is 5.68. The molecular weight excluding hydrogens is 259 g/mol. The highest BCUT2D eigenvalue weighted by Gasteiger charge is 2.16. The van der Waals surface area contributed by atoms with Gasteiger partial charge >= 0.3 is 0 Å². The summed E-state index contributed by atoms with van der Waals surface area (Å²) in [4.78, 5) is 4.50. The number of halogens is 1. The van der Waals surface area contributed by atoms with Gasteiger partial charge in [-0.25, -0.2) is 4.39 Å². The van der Waals surface area contributed by atoms with Gasteiger partial charge in [-0.2, -0.15) is 0 Å². The third-order valence-electron chi connectivity index (χ3n) is 3.43. The number of hydrogen-bond acceptors (Lipinski definition) is 2. The molecule has 19 heavy (non-hydrogen) atoms. The van der Waals surface area contributed by atoms with Crippen LogP contribution in [-0.2, 0) is 6.42 Å². The second-order valence-electron chi connectivity index (χ2n) is 4.65. The van der Waals surface area contributed by atoms with Crippen molar-refractivity contribution in [1.82, 2.24) is 4.98 Å². The normalized spacial score (nSPS) is 12.9. The van der Waals surface area contributed by atoms with Crippen molar-refractivity contribution >= 4 is 22.2 Å². The minimum atomic E-state index is -0.208. The number of rotatable bonds is 4. The third-order valence-corrected chi connectivity index (χ3v) is 4.33. The summed E-state index contributed by atoms with van der Waals surface area (Å²) in [5, 5.41) is 3.00. The molecule has 1 unspecified atom stereocenters. The van der Waals surface area contributed by atoms with E-state index >= 15 is 0 Å². The SMILES string of the molecule is NCC(Cc1cccs1)c1c[nH]c2ccc(F)cc12. The topological polar surface area (TPSA) is 41.8 Å². The van der Waals surface area contributed by atoms with Crippen LogP contribution in [0.5, 0.6) is 0 Å². The summed E-state index contributed by atoms with van der Waals surface area (Å²) in [7, 11) is 0. The molecule has 0 aliphatic carbocycles. The average molecular weight is 274 g/mol. The summed E-state index contributed by atoms with van der Waals surface area (Å²) in [6, 6.07) is 8.98. The Hall–Kier alpha value is -1.65. The minimum absolute atomic E-state index is 0.208. The van der Waals surface area contributed by atoms with E-state index in [0.717, 1.165) is 22.9 Å². The number of nitrogens with two attached hydrogens (primary N) is 1. The Morgan fingerprint density at radius 3 is 2.95 bits per heavy atom. The molecule has 0 aliphatic heterocycles. The zero-order valence-electron chi connectivity index (χ0n) is 10.4. The van der Waals surface area contributed by atoms with E-state index in [9.17, 15) is 4.39 Å². The molecule has 0 aliphatic rings. The molecule has 0 saturated heterocycles. The fraction of sp³-hybridized carbons (Fsp3) is 0.200. The first kappa shape index (κ1) is 12.4. The van der Waals surface area contributed by atoms with Crippen LogP contribution in [0.3, 0.4) is 0 Å². The summed E-state index contributed by atoms with van der Waals surface area (Å²) >= 11 is 1.73. The Morgan fingerprint density at radius 1 is 1.32 bits per heavy atom. The molecule has 0 radical (unpaired) electrons. The zero-order chi connectivity index (χ0) is 13.2. The molecule has 1 atom stereocenters. The van der Waals surface area contributed by atoms with Crippen molar-refractivity contribution in [2.75, 3.05) is 6.54 Å². The zero-order valence-corrected chi connectivity index (χ0v) is 11.2. The molecule has 2 nitrogen and oxygen atoms in total. The molecule has 0 saturated carbocycles. The van der Waals surface area contributed by atoms with E-state index < -0.39 is 0 Å². The predicted octanol–water partition coefficient (Wildman–Crippen LogP) is 3.65. The first-order chi connectivity index (χ1) is 9.28. The monoisotopic (exact) mass is 274 g/mol. The lowest BCUT2D eigenvalue weighted by Crippen LogP contribution is -2.14. The first-order valence-electron chi connectivity index (χ1n) is 6.27. The van der Waals surface area contributed by atoms with Crippen LogP contribution in [0.2, 0.25) is 0 Å². The summed E-state index contributed by atoms with van der Waals surface area (Å²) in [5.41, 5.74) is 7.97. The van der Waals surface area contributed by atoms with Crippen molar-refractivity contribution < 1.29 is 4.39 Å². The van der Waals surface area contributed by atoms with Crippen LogP contribution < -0.4 is 5.73 Å². The Balaban J connectivity index is 1.99. The lowest BCUT2D eigenvalue weighted by Gasteiger charge is -2.13. The molecule has 3 rings (SSSR count). The van der Waals surface area contributed by atoms with Gasteiger partial charge in [0, 0.05) is 27.9 Å². The largest absolute Gasteiger partial charge is 0.361 e. The van der Waals surface area contributed by atoms with Gasteiger partial charge in [0.1, 0.15) is 5.82 Å². The van der Waals surface area contributed by atoms with Gasteiger partial charge < -0.3 is 10.7 Å². The lowest BCUT2D eigenvalue weighted by molar-refractivity contribution is 0.629. The Kier molecular flexibility index (Phi) is 3.36. The standard InChI is InChI=1S/C15H15FN2S/c16-11-3-4-15-13(7-11)14(9-18-15)10(8-17)6-12-2-1-5-19-12/h1-5,7,9-10,18H,6,8,17H2. The number of hydrogen-bond donors (Lipinski definition) is 2. The molecular formula is C15H15FN2S. The molecule has 3 N–H and O–H groups in total. The minimum Gasteiger partial charge on any atom is -0.361 e. The highest BCUT2D eigenvalue weighted by atomic mass is 32.1. The molecule has 98 valence electrons. The van der Waals surface area contributed by atoms with Gasteiger partial charge in [-0.3, -0.25) is 0 Å². The van der Waals surface area contributed by atoms with Gasteiger partial charge in [0.15, 0.2) is 0 Å². The van der Waals surface area contributed by atoms with Crippen LogP contribution in [0.1, 0.15) is 16.4 Å². The molecule has 0 spiro atoms. The van der Waals surface area contributed by atoms with E-state index in [4.69, 9.17) is 5.73 Å². The smallest absolute Gasteiger partial charge is 0.123 e. The Labute approximate surface area is 115 Å². The van der Waals surface area contributed by atoms with Crippen molar-refractivity contribution in [1.29, 1.82) is 0 Å². The molecule has 2 aromatic heterocycles. The van der Waals surface area contributed by atoms with E-state index in [-0.39, 0.29) is 11.7 Å². The molecule has 1 aromatic carbocycles. The lowest BCUT2D eigenvalue weighted by atomic mass is 9.94. The highest BCUT2D eigenvalue weighted by molar-refractivity contribution is 7.09. The van der Waals surface area contributed by atoms with Gasteiger partial charge in [0.05, 0.1) is 0 Å². The van der Waals surface area contributed by atoms with Crippen molar-refractivity contribution in [2.24, 2.45) is 5.73 Å². The predicted molar refractivity (Wildman–Crippen MR) is 78.1 cm³/mol. The maximum Gasteiger partial charge on any atom is 0.123 e. The van der Waals surface area contributed by atoms with Crippen molar-refractivity contribution in [3.8, 4) is 0 Å². The van der Waals surface area contributed by atoms with E-state index in [2.05, 4.69) is 16.4 Å². The van der Waals surface area contributed by atoms with Gasteiger partial charge in [-0.15, -0.1) is 11.3 Å². The van der Waals surface area contributed by atoms with E-state index in [1.807, 2.05) is 12.3 Å². The van der Waals surface area contributed by atoms with Gasteiger partial charge in [-0.1, -0.05) is 6.07 Å². The number of fused-ring (bicyclic) bond motifs is 1. The van der Waals surface area contributed by atoms with Gasteiger partial charge in [0.2, 0.25) is 0 Å². The molecule has 0 amide bonds. The van der Waals surface area contributed by atoms with E-state index in [1.54, 1.807) is 23.5 Å². The summed E-state index contributed by atoms with van der Waals surface area (Å²) < 4.78 is 13.4. The maximum atomic E-state index is 13.4. The van der Waals surface area contributed by atoms with Crippen molar-refractivity contribution in [3.05, 3.63) is 58.2 Å². The first-order valence-corrected chi connectivity index (χ1v) is 7.15. The van der Waals surface area contributed by atoms with Crippen molar-refractivity contribution in [2.45, 2.75) is 12.3 Å². The maximum absolute atomic E-state index is 13.4. The number of aromatic amines is 1. The Bertz CT molecular complexity index is 673. The van der Waals surface area contributed by atoms with Crippen LogP contribution in [0.15, 0.2) is 41.9 Å². The highest BCUT2D eigenvalue weighted by Crippen LogP contribution is 2.29. The molecule has 0 fully saturated rings. The number of thiophene rings is 1. The molecule has 3 aromatic rings. The Morgan fingerprint density at radius 2 is 2.21 bits per heavy atom. The van der Waals surface area contributed by atoms with E-state index in [1.165, 1.54) is 10.9 Å². The van der Waals surface area contributed by atoms with Crippen LogP contribution in [-0.4, -0.2) is 11.5 Å². The second kappa shape index (κ2) is 5.15. The van der Waals surface area contributed by atoms with Crippen LogP contribution in [0.25, 0.3) is 10.9 Å². The third kappa shape index (κ3) is 2.41. The van der Waals surface area contributed by atoms with Crippen LogP contribution >= 0.6 is 11.3 Å².